The van der Waals surface area contributed by atoms with Gasteiger partial charge < -0.3 is 4.90 Å². The summed E-state index contributed by atoms with van der Waals surface area (Å²) in [5, 5.41) is 0. The highest BCUT2D eigenvalue weighted by Gasteiger charge is 2.43. The largest absolute Gasteiger partial charge is 0.342 e. The van der Waals surface area contributed by atoms with Crippen LogP contribution in [-0.4, -0.2) is 49.7 Å². The van der Waals surface area contributed by atoms with Gasteiger partial charge in [0.2, 0.25) is 15.9 Å². The summed E-state index contributed by atoms with van der Waals surface area (Å²) in [4.78, 5) is 13.9. The number of hydrogen-bond donors (Lipinski definition) is 0. The fraction of sp³-hybridized carbons (Fsp3) is 0.611. The molecule has 2 aliphatic heterocycles. The summed E-state index contributed by atoms with van der Waals surface area (Å²) < 4.78 is 27.3. The zero-order valence-electron chi connectivity index (χ0n) is 14.3. The van der Waals surface area contributed by atoms with Crippen LogP contribution < -0.4 is 0 Å². The van der Waals surface area contributed by atoms with Gasteiger partial charge in [-0.25, -0.2) is 12.7 Å². The molecule has 24 heavy (non-hydrogen) atoms. The molecule has 0 N–H and O–H groups in total. The van der Waals surface area contributed by atoms with Crippen LogP contribution in [0.2, 0.25) is 0 Å². The minimum Gasteiger partial charge on any atom is -0.342 e. The summed E-state index contributed by atoms with van der Waals surface area (Å²) in [7, 11) is -3.32. The number of rotatable bonds is 4. The molecule has 1 aromatic rings. The summed E-state index contributed by atoms with van der Waals surface area (Å²) in [5.74, 6) is 0.257. The number of nitrogens with zero attached hydrogens (tertiary/aromatic N) is 2. The lowest BCUT2D eigenvalue weighted by Crippen LogP contribution is -2.55. The summed E-state index contributed by atoms with van der Waals surface area (Å²) in [6, 6.07) is 9.35. The molecule has 6 heteroatoms. The van der Waals surface area contributed by atoms with E-state index in [1.165, 1.54) is 0 Å². The normalized spacial score (nSPS) is 26.0. The number of hydrogen-bond acceptors (Lipinski definition) is 3. The summed E-state index contributed by atoms with van der Waals surface area (Å²) in [5.41, 5.74) is 0.762. The highest BCUT2D eigenvalue weighted by molar-refractivity contribution is 7.88. The van der Waals surface area contributed by atoms with Crippen molar-refractivity contribution in [1.29, 1.82) is 0 Å². The Hall–Kier alpha value is -1.40. The second-order valence-corrected chi connectivity index (χ2v) is 9.06. The van der Waals surface area contributed by atoms with Crippen molar-refractivity contribution in [3.8, 4) is 0 Å². The predicted molar refractivity (Wildman–Crippen MR) is 93.8 cm³/mol. The van der Waals surface area contributed by atoms with E-state index in [4.69, 9.17) is 0 Å². The minimum atomic E-state index is -3.32. The maximum Gasteiger partial charge on any atom is 0.222 e. The molecule has 5 nitrogen and oxygen atoms in total. The van der Waals surface area contributed by atoms with Crippen molar-refractivity contribution < 1.29 is 13.2 Å². The van der Waals surface area contributed by atoms with E-state index >= 15 is 0 Å². The SMILES string of the molecule is CCN1CC2(CCCN(S(=O)(=O)Cc3ccccc3)C2)CCC1=O. The first-order chi connectivity index (χ1) is 11.4. The fourth-order valence-electron chi connectivity index (χ4n) is 4.00. The van der Waals surface area contributed by atoms with Gasteiger partial charge in [-0.3, -0.25) is 4.79 Å². The van der Waals surface area contributed by atoms with Crippen LogP contribution >= 0.6 is 0 Å². The van der Waals surface area contributed by atoms with Gasteiger partial charge in [0, 0.05) is 38.0 Å². The van der Waals surface area contributed by atoms with Gasteiger partial charge in [-0.05, 0) is 31.7 Å². The number of amides is 1. The Morgan fingerprint density at radius 3 is 2.58 bits per heavy atom. The van der Waals surface area contributed by atoms with E-state index in [2.05, 4.69) is 0 Å². The van der Waals surface area contributed by atoms with Gasteiger partial charge in [-0.2, -0.15) is 0 Å². The Morgan fingerprint density at radius 1 is 1.12 bits per heavy atom. The van der Waals surface area contributed by atoms with E-state index in [0.29, 0.717) is 32.6 Å². The van der Waals surface area contributed by atoms with Gasteiger partial charge in [-0.15, -0.1) is 0 Å². The molecule has 0 aliphatic carbocycles. The number of sulfonamides is 1. The van der Waals surface area contributed by atoms with Crippen LogP contribution in [0.25, 0.3) is 0 Å². The molecule has 3 rings (SSSR count). The number of benzene rings is 1. The summed E-state index contributed by atoms with van der Waals surface area (Å²) >= 11 is 0. The van der Waals surface area contributed by atoms with Gasteiger partial charge in [0.1, 0.15) is 0 Å². The quantitative estimate of drug-likeness (QED) is 0.837. The van der Waals surface area contributed by atoms with Crippen molar-refractivity contribution in [2.24, 2.45) is 5.41 Å². The Kier molecular flexibility index (Phi) is 4.97. The number of likely N-dealkylation sites (tertiary alicyclic amines) is 1. The molecule has 1 unspecified atom stereocenters. The van der Waals surface area contributed by atoms with Crippen molar-refractivity contribution >= 4 is 15.9 Å². The molecule has 1 spiro atoms. The number of piperidine rings is 2. The third-order valence-corrected chi connectivity index (χ3v) is 7.14. The molecule has 2 saturated heterocycles. The van der Waals surface area contributed by atoms with E-state index in [0.717, 1.165) is 24.8 Å². The van der Waals surface area contributed by atoms with Crippen LogP contribution in [0, 0.1) is 5.41 Å². The average molecular weight is 350 g/mol. The lowest BCUT2D eigenvalue weighted by molar-refractivity contribution is -0.138. The first kappa shape index (κ1) is 17.4. The third kappa shape index (κ3) is 3.64. The Morgan fingerprint density at radius 2 is 1.88 bits per heavy atom. The minimum absolute atomic E-state index is 0.0559. The molecule has 2 aliphatic rings. The maximum absolute atomic E-state index is 12.8. The first-order valence-electron chi connectivity index (χ1n) is 8.74. The Labute approximate surface area is 144 Å². The molecule has 2 heterocycles. The van der Waals surface area contributed by atoms with E-state index < -0.39 is 10.0 Å². The molecule has 0 radical (unpaired) electrons. The average Bonchev–Trinajstić information content (AvgIpc) is 2.58. The third-order valence-electron chi connectivity index (χ3n) is 5.34. The monoisotopic (exact) mass is 350 g/mol. The van der Waals surface area contributed by atoms with Gasteiger partial charge in [0.05, 0.1) is 5.75 Å². The standard InChI is InChI=1S/C18H26N2O3S/c1-2-19-14-18(11-9-17(19)21)10-6-12-20(15-18)24(22,23)13-16-7-4-3-5-8-16/h3-5,7-8H,2,6,9-15H2,1H3. The van der Waals surface area contributed by atoms with Crippen LogP contribution in [0.4, 0.5) is 0 Å². The van der Waals surface area contributed by atoms with Crippen molar-refractivity contribution in [1.82, 2.24) is 9.21 Å². The molecular formula is C18H26N2O3S. The summed E-state index contributed by atoms with van der Waals surface area (Å²) in [6.45, 7) is 4.53. The molecule has 0 saturated carbocycles. The van der Waals surface area contributed by atoms with Crippen molar-refractivity contribution in [3.05, 3.63) is 35.9 Å². The molecule has 1 amide bonds. The highest BCUT2D eigenvalue weighted by atomic mass is 32.2. The highest BCUT2D eigenvalue weighted by Crippen LogP contribution is 2.39. The molecule has 132 valence electrons. The smallest absolute Gasteiger partial charge is 0.222 e. The number of carbonyl (C=O) groups excluding carboxylic acids is 1. The van der Waals surface area contributed by atoms with Crippen molar-refractivity contribution in [2.45, 2.75) is 38.4 Å². The zero-order valence-corrected chi connectivity index (χ0v) is 15.1. The molecule has 0 bridgehead atoms. The Balaban J connectivity index is 1.74. The second kappa shape index (κ2) is 6.84. The lowest BCUT2D eigenvalue weighted by Gasteiger charge is -2.47. The molecular weight excluding hydrogens is 324 g/mol. The fourth-order valence-corrected chi connectivity index (χ4v) is 5.67. The first-order valence-corrected chi connectivity index (χ1v) is 10.3. The van der Waals surface area contributed by atoms with Crippen molar-refractivity contribution in [3.63, 3.8) is 0 Å². The lowest BCUT2D eigenvalue weighted by atomic mass is 9.74. The van der Waals surface area contributed by atoms with E-state index in [-0.39, 0.29) is 17.1 Å². The van der Waals surface area contributed by atoms with Crippen LogP contribution in [0.15, 0.2) is 30.3 Å². The van der Waals surface area contributed by atoms with Crippen LogP contribution in [-0.2, 0) is 20.6 Å². The Bertz CT molecular complexity index is 689. The van der Waals surface area contributed by atoms with Crippen molar-refractivity contribution in [2.75, 3.05) is 26.2 Å². The van der Waals surface area contributed by atoms with Gasteiger partial charge in [0.15, 0.2) is 0 Å². The van der Waals surface area contributed by atoms with Gasteiger partial charge in [0.25, 0.3) is 0 Å². The number of carbonyl (C=O) groups is 1. The van der Waals surface area contributed by atoms with E-state index in [1.54, 1.807) is 4.31 Å². The predicted octanol–water partition coefficient (Wildman–Crippen LogP) is 2.24. The van der Waals surface area contributed by atoms with Crippen LogP contribution in [0.3, 0.4) is 0 Å². The molecule has 2 fully saturated rings. The van der Waals surface area contributed by atoms with E-state index in [1.807, 2.05) is 42.2 Å². The van der Waals surface area contributed by atoms with Gasteiger partial charge >= 0.3 is 0 Å². The van der Waals surface area contributed by atoms with Crippen LogP contribution in [0.1, 0.15) is 38.2 Å². The molecule has 0 aromatic heterocycles. The summed E-state index contributed by atoms with van der Waals surface area (Å²) in [6.07, 6.45) is 3.23. The van der Waals surface area contributed by atoms with Gasteiger partial charge in [-0.1, -0.05) is 30.3 Å². The maximum atomic E-state index is 12.8. The topological polar surface area (TPSA) is 57.7 Å². The van der Waals surface area contributed by atoms with E-state index in [9.17, 15) is 13.2 Å². The zero-order chi connectivity index (χ0) is 17.2. The molecule has 1 atom stereocenters. The molecule has 1 aromatic carbocycles. The van der Waals surface area contributed by atoms with Crippen LogP contribution in [0.5, 0.6) is 0 Å². The second-order valence-electron chi connectivity index (χ2n) is 7.09.